The first-order valence-corrected chi connectivity index (χ1v) is 9.88. The van der Waals surface area contributed by atoms with Gasteiger partial charge in [-0.1, -0.05) is 28.1 Å². The molecule has 0 unspecified atom stereocenters. The van der Waals surface area contributed by atoms with Crippen LogP contribution in [0.3, 0.4) is 0 Å². The Kier molecular flexibility index (Phi) is 6.05. The minimum Gasteiger partial charge on any atom is -0.360 e. The van der Waals surface area contributed by atoms with Crippen LogP contribution in [0.1, 0.15) is 23.8 Å². The first-order chi connectivity index (χ1) is 11.2. The molecule has 122 valence electrons. The van der Waals surface area contributed by atoms with Crippen LogP contribution in [0.5, 0.6) is 0 Å². The summed E-state index contributed by atoms with van der Waals surface area (Å²) < 4.78 is 1.04. The van der Waals surface area contributed by atoms with E-state index in [4.69, 9.17) is 12.2 Å². The summed E-state index contributed by atoms with van der Waals surface area (Å²) in [6.07, 6.45) is 2.59. The Balaban J connectivity index is 1.59. The maximum absolute atomic E-state index is 5.45. The Morgan fingerprint density at radius 2 is 2.09 bits per heavy atom. The van der Waals surface area contributed by atoms with Crippen molar-refractivity contribution in [3.8, 4) is 0 Å². The molecule has 1 saturated heterocycles. The van der Waals surface area contributed by atoms with Crippen LogP contribution in [0.15, 0.2) is 46.3 Å². The quantitative estimate of drug-likeness (QED) is 0.703. The highest BCUT2D eigenvalue weighted by Crippen LogP contribution is 2.27. The van der Waals surface area contributed by atoms with Crippen molar-refractivity contribution in [1.29, 1.82) is 0 Å². The second kappa shape index (κ2) is 8.24. The highest BCUT2D eigenvalue weighted by Gasteiger charge is 2.24. The maximum Gasteiger partial charge on any atom is 0.170 e. The fraction of sp³-hybridized carbons (Fsp3) is 0.353. The van der Waals surface area contributed by atoms with E-state index in [1.807, 2.05) is 35.6 Å². The average Bonchev–Trinajstić information content (AvgIpc) is 3.21. The Morgan fingerprint density at radius 1 is 1.26 bits per heavy atom. The van der Waals surface area contributed by atoms with Crippen LogP contribution in [0.2, 0.25) is 0 Å². The van der Waals surface area contributed by atoms with Gasteiger partial charge in [0.15, 0.2) is 5.11 Å². The molecule has 23 heavy (non-hydrogen) atoms. The molecule has 1 aliphatic heterocycles. The standard InChI is InChI=1S/C17H20BrN3S2/c18-13-5-3-6-14(11-13)20-17(22)19-12-15(16-7-4-10-23-16)21-8-1-2-9-21/h3-7,10-11,15H,1-2,8-9,12H2,(H2,19,20,22)/t15-/m0/s1. The van der Waals surface area contributed by atoms with Gasteiger partial charge in [-0.3, -0.25) is 4.90 Å². The van der Waals surface area contributed by atoms with Gasteiger partial charge in [-0.2, -0.15) is 0 Å². The van der Waals surface area contributed by atoms with E-state index in [1.165, 1.54) is 30.8 Å². The lowest BCUT2D eigenvalue weighted by Crippen LogP contribution is -2.38. The van der Waals surface area contributed by atoms with E-state index < -0.39 is 0 Å². The fourth-order valence-electron chi connectivity index (χ4n) is 2.87. The summed E-state index contributed by atoms with van der Waals surface area (Å²) in [7, 11) is 0. The van der Waals surface area contributed by atoms with Crippen molar-refractivity contribution >= 4 is 50.3 Å². The lowest BCUT2D eigenvalue weighted by molar-refractivity contribution is 0.249. The van der Waals surface area contributed by atoms with Gasteiger partial charge >= 0.3 is 0 Å². The van der Waals surface area contributed by atoms with Crippen LogP contribution >= 0.6 is 39.5 Å². The van der Waals surface area contributed by atoms with Crippen molar-refractivity contribution in [3.05, 3.63) is 51.1 Å². The van der Waals surface area contributed by atoms with Gasteiger partial charge in [0.2, 0.25) is 0 Å². The molecule has 0 radical (unpaired) electrons. The number of likely N-dealkylation sites (tertiary alicyclic amines) is 1. The number of halogens is 1. The topological polar surface area (TPSA) is 27.3 Å². The molecular formula is C17H20BrN3S2. The van der Waals surface area contributed by atoms with Crippen LogP contribution < -0.4 is 10.6 Å². The summed E-state index contributed by atoms with van der Waals surface area (Å²) in [5.41, 5.74) is 0.991. The third kappa shape index (κ3) is 4.76. The third-order valence-corrected chi connectivity index (χ3v) is 5.70. The van der Waals surface area contributed by atoms with Gasteiger partial charge in [0.25, 0.3) is 0 Å². The van der Waals surface area contributed by atoms with Gasteiger partial charge < -0.3 is 10.6 Å². The Morgan fingerprint density at radius 3 is 2.78 bits per heavy atom. The highest BCUT2D eigenvalue weighted by atomic mass is 79.9. The summed E-state index contributed by atoms with van der Waals surface area (Å²) in [6.45, 7) is 3.19. The SMILES string of the molecule is S=C(NC[C@@H](c1cccs1)N1CCCC1)Nc1cccc(Br)c1. The molecule has 0 aliphatic carbocycles. The van der Waals surface area contributed by atoms with Crippen molar-refractivity contribution in [2.75, 3.05) is 25.0 Å². The lowest BCUT2D eigenvalue weighted by atomic mass is 10.2. The van der Waals surface area contributed by atoms with Gasteiger partial charge in [0.05, 0.1) is 6.04 Å². The van der Waals surface area contributed by atoms with E-state index in [0.717, 1.165) is 16.7 Å². The molecule has 1 atom stereocenters. The van der Waals surface area contributed by atoms with Gasteiger partial charge in [-0.15, -0.1) is 11.3 Å². The molecule has 1 aromatic carbocycles. The zero-order valence-electron chi connectivity index (χ0n) is 12.8. The molecule has 2 heterocycles. The maximum atomic E-state index is 5.45. The van der Waals surface area contributed by atoms with Crippen LogP contribution in [0.25, 0.3) is 0 Å². The summed E-state index contributed by atoms with van der Waals surface area (Å²) in [6, 6.07) is 12.8. The molecule has 2 aromatic rings. The van der Waals surface area contributed by atoms with Crippen LogP contribution in [0.4, 0.5) is 5.69 Å². The number of anilines is 1. The van der Waals surface area contributed by atoms with Crippen LogP contribution in [0, 0.1) is 0 Å². The highest BCUT2D eigenvalue weighted by molar-refractivity contribution is 9.10. The molecule has 1 aromatic heterocycles. The molecule has 3 nitrogen and oxygen atoms in total. The first-order valence-electron chi connectivity index (χ1n) is 7.80. The monoisotopic (exact) mass is 409 g/mol. The first kappa shape index (κ1) is 16.9. The summed E-state index contributed by atoms with van der Waals surface area (Å²) in [5, 5.41) is 9.45. The Hall–Kier alpha value is -0.950. The van der Waals surface area contributed by atoms with E-state index in [-0.39, 0.29) is 0 Å². The number of thiophene rings is 1. The number of benzene rings is 1. The number of nitrogens with zero attached hydrogens (tertiary/aromatic N) is 1. The third-order valence-electron chi connectivity index (χ3n) is 3.99. The smallest absolute Gasteiger partial charge is 0.170 e. The number of hydrogen-bond acceptors (Lipinski definition) is 3. The van der Waals surface area contributed by atoms with Crippen molar-refractivity contribution in [2.24, 2.45) is 0 Å². The van der Waals surface area contributed by atoms with Crippen molar-refractivity contribution in [2.45, 2.75) is 18.9 Å². The van der Waals surface area contributed by atoms with E-state index >= 15 is 0 Å². The average molecular weight is 410 g/mol. The van der Waals surface area contributed by atoms with Gasteiger partial charge in [-0.25, -0.2) is 0 Å². The van der Waals surface area contributed by atoms with Gasteiger partial charge in [0, 0.05) is 21.6 Å². The zero-order chi connectivity index (χ0) is 16.1. The molecule has 2 N–H and O–H groups in total. The predicted molar refractivity (Wildman–Crippen MR) is 106 cm³/mol. The van der Waals surface area contributed by atoms with E-state index in [2.05, 4.69) is 49.0 Å². The fourth-order valence-corrected chi connectivity index (χ4v) is 4.34. The molecule has 6 heteroatoms. The normalized spacial score (nSPS) is 16.2. The molecule has 3 rings (SSSR count). The van der Waals surface area contributed by atoms with Crippen molar-refractivity contribution in [3.63, 3.8) is 0 Å². The second-order valence-electron chi connectivity index (χ2n) is 5.62. The molecule has 0 amide bonds. The molecule has 0 spiro atoms. The number of nitrogens with one attached hydrogen (secondary N) is 2. The Labute approximate surface area is 155 Å². The summed E-state index contributed by atoms with van der Waals surface area (Å²) >= 11 is 10.7. The largest absolute Gasteiger partial charge is 0.360 e. The zero-order valence-corrected chi connectivity index (χ0v) is 16.0. The lowest BCUT2D eigenvalue weighted by Gasteiger charge is -2.27. The molecule has 0 bridgehead atoms. The number of hydrogen-bond donors (Lipinski definition) is 2. The van der Waals surface area contributed by atoms with Crippen LogP contribution in [-0.2, 0) is 0 Å². The van der Waals surface area contributed by atoms with E-state index in [1.54, 1.807) is 0 Å². The summed E-state index contributed by atoms with van der Waals surface area (Å²) in [5.74, 6) is 0. The molecule has 1 fully saturated rings. The Bertz CT molecular complexity index is 639. The molecule has 0 saturated carbocycles. The number of thiocarbonyl (C=S) groups is 1. The van der Waals surface area contributed by atoms with Crippen molar-refractivity contribution < 1.29 is 0 Å². The molecule has 1 aliphatic rings. The van der Waals surface area contributed by atoms with E-state index in [0.29, 0.717) is 11.2 Å². The number of rotatable bonds is 5. The second-order valence-corrected chi connectivity index (χ2v) is 7.92. The minimum atomic E-state index is 0.403. The van der Waals surface area contributed by atoms with Gasteiger partial charge in [0.1, 0.15) is 0 Å². The van der Waals surface area contributed by atoms with Crippen molar-refractivity contribution in [1.82, 2.24) is 10.2 Å². The minimum absolute atomic E-state index is 0.403. The van der Waals surface area contributed by atoms with E-state index in [9.17, 15) is 0 Å². The molecular weight excluding hydrogens is 390 g/mol. The van der Waals surface area contributed by atoms with Crippen LogP contribution in [-0.4, -0.2) is 29.6 Å². The predicted octanol–water partition coefficient (Wildman–Crippen LogP) is 4.63. The van der Waals surface area contributed by atoms with Gasteiger partial charge in [-0.05, 0) is 67.8 Å². The summed E-state index contributed by atoms with van der Waals surface area (Å²) in [4.78, 5) is 3.96.